The van der Waals surface area contributed by atoms with Gasteiger partial charge in [0.25, 0.3) is 0 Å². The molecule has 2 aliphatic rings. The van der Waals surface area contributed by atoms with Gasteiger partial charge in [-0.3, -0.25) is 0 Å². The zero-order chi connectivity index (χ0) is 12.3. The van der Waals surface area contributed by atoms with E-state index in [1.54, 1.807) is 0 Å². The van der Waals surface area contributed by atoms with Gasteiger partial charge in [-0.1, -0.05) is 27.2 Å². The molecule has 0 aromatic heterocycles. The Bertz CT molecular complexity index is 233. The van der Waals surface area contributed by atoms with Gasteiger partial charge in [0.15, 0.2) is 0 Å². The normalized spacial score (nSPS) is 30.0. The summed E-state index contributed by atoms with van der Waals surface area (Å²) in [7, 11) is 0. The standard InChI is InChI=1S/C15H30N2/c1-13(2)10-14-11-17(9-5-8-16-14)12-15(3)6-4-7-15/h13-14,16H,4-12H2,1-3H3. The lowest BCUT2D eigenvalue weighted by Gasteiger charge is -2.42. The molecule has 2 fully saturated rings. The van der Waals surface area contributed by atoms with Gasteiger partial charge in [0.2, 0.25) is 0 Å². The Hall–Kier alpha value is -0.0800. The topological polar surface area (TPSA) is 15.3 Å². The zero-order valence-corrected chi connectivity index (χ0v) is 12.0. The van der Waals surface area contributed by atoms with E-state index < -0.39 is 0 Å². The molecule has 1 saturated heterocycles. The molecular weight excluding hydrogens is 208 g/mol. The third kappa shape index (κ3) is 3.96. The van der Waals surface area contributed by atoms with E-state index >= 15 is 0 Å². The van der Waals surface area contributed by atoms with E-state index in [0.29, 0.717) is 5.41 Å². The highest BCUT2D eigenvalue weighted by Gasteiger charge is 2.34. The maximum absolute atomic E-state index is 3.72. The van der Waals surface area contributed by atoms with Crippen LogP contribution >= 0.6 is 0 Å². The summed E-state index contributed by atoms with van der Waals surface area (Å²) in [5, 5.41) is 3.72. The highest BCUT2D eigenvalue weighted by Crippen LogP contribution is 2.41. The fourth-order valence-electron chi connectivity index (χ4n) is 3.43. The Balaban J connectivity index is 1.83. The largest absolute Gasteiger partial charge is 0.313 e. The summed E-state index contributed by atoms with van der Waals surface area (Å²) >= 11 is 0. The molecule has 1 N–H and O–H groups in total. The van der Waals surface area contributed by atoms with Crippen LogP contribution in [0, 0.1) is 11.3 Å². The summed E-state index contributed by atoms with van der Waals surface area (Å²) < 4.78 is 0. The van der Waals surface area contributed by atoms with Crippen LogP contribution in [-0.4, -0.2) is 37.1 Å². The van der Waals surface area contributed by atoms with Gasteiger partial charge in [0.05, 0.1) is 0 Å². The van der Waals surface area contributed by atoms with Crippen molar-refractivity contribution in [1.82, 2.24) is 10.2 Å². The fraction of sp³-hybridized carbons (Fsp3) is 1.00. The smallest absolute Gasteiger partial charge is 0.0197 e. The first-order chi connectivity index (χ1) is 8.07. The molecule has 0 bridgehead atoms. The molecule has 1 aliphatic heterocycles. The van der Waals surface area contributed by atoms with Crippen molar-refractivity contribution in [3.05, 3.63) is 0 Å². The number of hydrogen-bond donors (Lipinski definition) is 1. The van der Waals surface area contributed by atoms with Crippen molar-refractivity contribution >= 4 is 0 Å². The maximum atomic E-state index is 3.72. The van der Waals surface area contributed by atoms with Gasteiger partial charge in [-0.05, 0) is 50.1 Å². The Labute approximate surface area is 107 Å². The molecule has 2 nitrogen and oxygen atoms in total. The van der Waals surface area contributed by atoms with E-state index in [1.165, 1.54) is 58.3 Å². The average molecular weight is 238 g/mol. The Morgan fingerprint density at radius 3 is 2.65 bits per heavy atom. The fourth-order valence-corrected chi connectivity index (χ4v) is 3.43. The first-order valence-corrected chi connectivity index (χ1v) is 7.53. The van der Waals surface area contributed by atoms with Gasteiger partial charge in [-0.25, -0.2) is 0 Å². The first kappa shape index (κ1) is 13.4. The van der Waals surface area contributed by atoms with Gasteiger partial charge in [0, 0.05) is 19.1 Å². The minimum atomic E-state index is 0.646. The molecule has 1 aliphatic carbocycles. The molecule has 0 aromatic rings. The second-order valence-corrected chi connectivity index (χ2v) is 7.03. The zero-order valence-electron chi connectivity index (χ0n) is 12.0. The van der Waals surface area contributed by atoms with Crippen LogP contribution in [0.2, 0.25) is 0 Å². The van der Waals surface area contributed by atoms with E-state index in [9.17, 15) is 0 Å². The summed E-state index contributed by atoms with van der Waals surface area (Å²) in [6.45, 7) is 12.3. The van der Waals surface area contributed by atoms with Crippen LogP contribution in [0.15, 0.2) is 0 Å². The second kappa shape index (κ2) is 5.71. The van der Waals surface area contributed by atoms with Crippen LogP contribution in [0.25, 0.3) is 0 Å². The van der Waals surface area contributed by atoms with Gasteiger partial charge >= 0.3 is 0 Å². The van der Waals surface area contributed by atoms with E-state index in [1.807, 2.05) is 0 Å². The molecule has 0 spiro atoms. The van der Waals surface area contributed by atoms with Crippen LogP contribution in [-0.2, 0) is 0 Å². The van der Waals surface area contributed by atoms with E-state index in [4.69, 9.17) is 0 Å². The Kier molecular flexibility index (Phi) is 4.48. The third-order valence-corrected chi connectivity index (χ3v) is 4.48. The van der Waals surface area contributed by atoms with Crippen molar-refractivity contribution in [3.8, 4) is 0 Å². The minimum Gasteiger partial charge on any atom is -0.313 e. The molecule has 0 amide bonds. The SMILES string of the molecule is CC(C)CC1CN(CC2(C)CCC2)CCCN1. The molecule has 100 valence electrons. The van der Waals surface area contributed by atoms with E-state index in [2.05, 4.69) is 31.0 Å². The molecule has 17 heavy (non-hydrogen) atoms. The molecule has 1 unspecified atom stereocenters. The number of nitrogens with zero attached hydrogens (tertiary/aromatic N) is 1. The third-order valence-electron chi connectivity index (χ3n) is 4.48. The molecular formula is C15H30N2. The summed E-state index contributed by atoms with van der Waals surface area (Å²) in [6.07, 6.45) is 7.01. The van der Waals surface area contributed by atoms with Crippen LogP contribution in [0.1, 0.15) is 52.9 Å². The maximum Gasteiger partial charge on any atom is 0.0197 e. The molecule has 1 heterocycles. The molecule has 1 atom stereocenters. The summed E-state index contributed by atoms with van der Waals surface area (Å²) in [5.74, 6) is 0.812. The molecule has 1 saturated carbocycles. The van der Waals surface area contributed by atoms with E-state index in [0.717, 1.165) is 12.0 Å². The predicted octanol–water partition coefficient (Wildman–Crippen LogP) is 2.89. The first-order valence-electron chi connectivity index (χ1n) is 7.53. The quantitative estimate of drug-likeness (QED) is 0.810. The van der Waals surface area contributed by atoms with Crippen molar-refractivity contribution in [2.45, 2.75) is 58.9 Å². The average Bonchev–Trinajstić information content (AvgIpc) is 2.40. The summed E-state index contributed by atoms with van der Waals surface area (Å²) in [6, 6.07) is 0.723. The lowest BCUT2D eigenvalue weighted by molar-refractivity contribution is 0.0830. The van der Waals surface area contributed by atoms with Crippen molar-refractivity contribution in [3.63, 3.8) is 0 Å². The Morgan fingerprint density at radius 2 is 2.06 bits per heavy atom. The van der Waals surface area contributed by atoms with E-state index in [-0.39, 0.29) is 0 Å². The number of hydrogen-bond acceptors (Lipinski definition) is 2. The van der Waals surface area contributed by atoms with Crippen molar-refractivity contribution in [2.75, 3.05) is 26.2 Å². The van der Waals surface area contributed by atoms with Crippen LogP contribution < -0.4 is 5.32 Å². The van der Waals surface area contributed by atoms with Crippen LogP contribution in [0.4, 0.5) is 0 Å². The highest BCUT2D eigenvalue weighted by atomic mass is 15.2. The monoisotopic (exact) mass is 238 g/mol. The lowest BCUT2D eigenvalue weighted by atomic mass is 9.70. The molecule has 2 rings (SSSR count). The summed E-state index contributed by atoms with van der Waals surface area (Å²) in [5.41, 5.74) is 0.646. The molecule has 0 radical (unpaired) electrons. The molecule has 0 aromatic carbocycles. The van der Waals surface area contributed by atoms with Crippen molar-refractivity contribution < 1.29 is 0 Å². The van der Waals surface area contributed by atoms with Crippen molar-refractivity contribution in [1.29, 1.82) is 0 Å². The number of nitrogens with one attached hydrogen (secondary N) is 1. The van der Waals surface area contributed by atoms with Gasteiger partial charge in [0.1, 0.15) is 0 Å². The molecule has 2 heteroatoms. The summed E-state index contributed by atoms with van der Waals surface area (Å²) in [4.78, 5) is 2.73. The Morgan fingerprint density at radius 1 is 1.29 bits per heavy atom. The lowest BCUT2D eigenvalue weighted by Crippen LogP contribution is -2.44. The highest BCUT2D eigenvalue weighted by molar-refractivity contribution is 4.88. The minimum absolute atomic E-state index is 0.646. The van der Waals surface area contributed by atoms with Crippen LogP contribution in [0.5, 0.6) is 0 Å². The second-order valence-electron chi connectivity index (χ2n) is 7.03. The van der Waals surface area contributed by atoms with Gasteiger partial charge in [-0.2, -0.15) is 0 Å². The predicted molar refractivity (Wildman–Crippen MR) is 74.3 cm³/mol. The number of rotatable bonds is 4. The van der Waals surface area contributed by atoms with Gasteiger partial charge in [-0.15, -0.1) is 0 Å². The van der Waals surface area contributed by atoms with Crippen LogP contribution in [0.3, 0.4) is 0 Å². The van der Waals surface area contributed by atoms with Crippen molar-refractivity contribution in [2.24, 2.45) is 11.3 Å². The van der Waals surface area contributed by atoms with Gasteiger partial charge < -0.3 is 10.2 Å².